The molecular weight excluding hydrogens is 378 g/mol. The predicted octanol–water partition coefficient (Wildman–Crippen LogP) is 2.43. The van der Waals surface area contributed by atoms with Crippen LogP contribution in [0.25, 0.3) is 5.65 Å². The lowest BCUT2D eigenvalue weighted by molar-refractivity contribution is -0.0691. The van der Waals surface area contributed by atoms with Gasteiger partial charge in [0.25, 0.3) is 0 Å². The van der Waals surface area contributed by atoms with Gasteiger partial charge in [-0.2, -0.15) is 5.10 Å². The largest absolute Gasteiger partial charge is 0.378 e. The number of fused-ring (bicyclic) bond motifs is 1. The molecule has 0 spiro atoms. The first-order valence-electron chi connectivity index (χ1n) is 9.48. The van der Waals surface area contributed by atoms with Crippen LogP contribution in [0.2, 0.25) is 5.02 Å². The van der Waals surface area contributed by atoms with E-state index < -0.39 is 0 Å². The van der Waals surface area contributed by atoms with Crippen molar-refractivity contribution in [3.8, 4) is 0 Å². The van der Waals surface area contributed by atoms with Gasteiger partial charge in [0.05, 0.1) is 41.8 Å². The van der Waals surface area contributed by atoms with Gasteiger partial charge in [0.1, 0.15) is 12.1 Å². The Hall–Kier alpha value is -2.42. The Balaban J connectivity index is 1.30. The number of pyridine rings is 2. The van der Waals surface area contributed by atoms with Crippen LogP contribution in [0.3, 0.4) is 0 Å². The molecule has 146 valence electrons. The Morgan fingerprint density at radius 1 is 1.21 bits per heavy atom. The Bertz CT molecular complexity index is 972. The molecule has 3 aromatic heterocycles. The fourth-order valence-electron chi connectivity index (χ4n) is 3.89. The van der Waals surface area contributed by atoms with Crippen LogP contribution in [0, 0.1) is 0 Å². The van der Waals surface area contributed by atoms with Crippen LogP contribution >= 0.6 is 11.6 Å². The van der Waals surface area contributed by atoms with Crippen molar-refractivity contribution in [2.24, 2.45) is 0 Å². The molecule has 1 N–H and O–H groups in total. The van der Waals surface area contributed by atoms with Crippen LogP contribution in [0.15, 0.2) is 36.9 Å². The van der Waals surface area contributed by atoms with Crippen molar-refractivity contribution in [1.29, 1.82) is 0 Å². The maximum atomic E-state index is 6.17. The van der Waals surface area contributed by atoms with Gasteiger partial charge in [-0.3, -0.25) is 4.90 Å². The van der Waals surface area contributed by atoms with Crippen molar-refractivity contribution < 1.29 is 4.74 Å². The van der Waals surface area contributed by atoms with E-state index in [1.807, 2.05) is 18.3 Å². The van der Waals surface area contributed by atoms with Crippen LogP contribution in [0.4, 0.5) is 17.2 Å². The highest BCUT2D eigenvalue weighted by atomic mass is 35.5. The van der Waals surface area contributed by atoms with Crippen molar-refractivity contribution in [3.63, 3.8) is 0 Å². The van der Waals surface area contributed by atoms with Gasteiger partial charge >= 0.3 is 0 Å². The molecule has 0 unspecified atom stereocenters. The minimum absolute atomic E-state index is 0.443. The van der Waals surface area contributed by atoms with Gasteiger partial charge in [0.15, 0.2) is 5.65 Å². The lowest BCUT2D eigenvalue weighted by Crippen LogP contribution is -2.59. The maximum absolute atomic E-state index is 6.17. The molecule has 2 aliphatic heterocycles. The zero-order valence-electron chi connectivity index (χ0n) is 15.6. The summed E-state index contributed by atoms with van der Waals surface area (Å²) in [5.74, 6) is 0.744. The fraction of sp³-hybridized carbons (Fsp3) is 0.421. The summed E-state index contributed by atoms with van der Waals surface area (Å²) >= 11 is 6.17. The SMILES string of the molecule is C[C@H]1CN(C2COC2)CCN1c1ccc(Nc2cc(Cl)cn3ncnc23)nc1. The minimum atomic E-state index is 0.443. The molecule has 5 heterocycles. The number of ether oxygens (including phenoxy) is 1. The number of nitrogens with one attached hydrogen (secondary N) is 1. The molecule has 2 saturated heterocycles. The summed E-state index contributed by atoms with van der Waals surface area (Å²) in [6.45, 7) is 7.13. The summed E-state index contributed by atoms with van der Waals surface area (Å²) in [7, 11) is 0. The highest BCUT2D eigenvalue weighted by Crippen LogP contribution is 2.26. The summed E-state index contributed by atoms with van der Waals surface area (Å²) in [5, 5.41) is 8.01. The van der Waals surface area contributed by atoms with Crippen LogP contribution in [-0.4, -0.2) is 69.4 Å². The number of hydrogen-bond acceptors (Lipinski definition) is 7. The van der Waals surface area contributed by atoms with E-state index in [1.54, 1.807) is 10.7 Å². The van der Waals surface area contributed by atoms with Gasteiger partial charge in [-0.1, -0.05) is 11.6 Å². The van der Waals surface area contributed by atoms with Gasteiger partial charge < -0.3 is 15.0 Å². The molecule has 8 nitrogen and oxygen atoms in total. The number of hydrogen-bond donors (Lipinski definition) is 1. The predicted molar refractivity (Wildman–Crippen MR) is 109 cm³/mol. The first-order chi connectivity index (χ1) is 13.7. The van der Waals surface area contributed by atoms with Gasteiger partial charge in [-0.15, -0.1) is 0 Å². The second kappa shape index (κ2) is 7.20. The third-order valence-electron chi connectivity index (χ3n) is 5.48. The minimum Gasteiger partial charge on any atom is -0.378 e. The first kappa shape index (κ1) is 17.7. The standard InChI is InChI=1S/C19H22ClN7O/c1-13-8-25(16-10-28-11-16)4-5-26(13)15-2-3-18(21-7-15)24-17-6-14(20)9-27-19(17)22-12-23-27/h2-3,6-7,9,12-13,16H,4-5,8,10-11H2,1H3,(H,21,24)/t13-/m0/s1. The van der Waals surface area contributed by atoms with Crippen LogP contribution in [0.1, 0.15) is 6.92 Å². The summed E-state index contributed by atoms with van der Waals surface area (Å²) < 4.78 is 6.98. The number of nitrogens with zero attached hydrogens (tertiary/aromatic N) is 6. The molecule has 28 heavy (non-hydrogen) atoms. The Kier molecular flexibility index (Phi) is 4.54. The normalized spacial score (nSPS) is 21.1. The highest BCUT2D eigenvalue weighted by molar-refractivity contribution is 6.30. The number of piperazine rings is 1. The molecular formula is C19H22ClN7O. The maximum Gasteiger partial charge on any atom is 0.178 e. The van der Waals surface area contributed by atoms with Gasteiger partial charge in [-0.25, -0.2) is 14.5 Å². The molecule has 9 heteroatoms. The lowest BCUT2D eigenvalue weighted by Gasteiger charge is -2.46. The van der Waals surface area contributed by atoms with Crippen LogP contribution < -0.4 is 10.2 Å². The molecule has 3 aromatic rings. The lowest BCUT2D eigenvalue weighted by atomic mass is 10.1. The van der Waals surface area contributed by atoms with Crippen molar-refractivity contribution in [2.75, 3.05) is 43.1 Å². The van der Waals surface area contributed by atoms with Gasteiger partial charge in [-0.05, 0) is 25.1 Å². The second-order valence-corrected chi connectivity index (χ2v) is 7.79. The molecule has 0 saturated carbocycles. The van der Waals surface area contributed by atoms with E-state index in [9.17, 15) is 0 Å². The van der Waals surface area contributed by atoms with E-state index in [1.165, 1.54) is 6.33 Å². The van der Waals surface area contributed by atoms with Crippen LogP contribution in [-0.2, 0) is 4.74 Å². The Morgan fingerprint density at radius 2 is 2.11 bits per heavy atom. The van der Waals surface area contributed by atoms with Gasteiger partial charge in [0.2, 0.25) is 0 Å². The van der Waals surface area contributed by atoms with Crippen LogP contribution in [0.5, 0.6) is 0 Å². The second-order valence-electron chi connectivity index (χ2n) is 7.36. The van der Waals surface area contributed by atoms with E-state index in [-0.39, 0.29) is 0 Å². The van der Waals surface area contributed by atoms with E-state index in [0.29, 0.717) is 22.8 Å². The average molecular weight is 400 g/mol. The molecule has 5 rings (SSSR count). The highest BCUT2D eigenvalue weighted by Gasteiger charge is 2.32. The smallest absolute Gasteiger partial charge is 0.178 e. The summed E-state index contributed by atoms with van der Waals surface area (Å²) in [4.78, 5) is 13.8. The molecule has 0 aromatic carbocycles. The van der Waals surface area contributed by atoms with Crippen molar-refractivity contribution in [1.82, 2.24) is 24.5 Å². The topological polar surface area (TPSA) is 70.8 Å². The molecule has 1 atom stereocenters. The van der Waals surface area contributed by atoms with E-state index in [2.05, 4.69) is 43.2 Å². The molecule has 0 aliphatic carbocycles. The Morgan fingerprint density at radius 3 is 2.82 bits per heavy atom. The Labute approximate surface area is 168 Å². The number of halogens is 1. The van der Waals surface area contributed by atoms with E-state index in [0.717, 1.165) is 50.0 Å². The third kappa shape index (κ3) is 3.28. The molecule has 2 aliphatic rings. The van der Waals surface area contributed by atoms with Gasteiger partial charge in [0, 0.05) is 31.9 Å². The quantitative estimate of drug-likeness (QED) is 0.722. The summed E-state index contributed by atoms with van der Waals surface area (Å²) in [6.07, 6.45) is 5.15. The molecule has 2 fully saturated rings. The third-order valence-corrected chi connectivity index (χ3v) is 5.69. The first-order valence-corrected chi connectivity index (χ1v) is 9.85. The fourth-order valence-corrected chi connectivity index (χ4v) is 4.09. The van der Waals surface area contributed by atoms with Crippen molar-refractivity contribution >= 4 is 34.4 Å². The zero-order valence-corrected chi connectivity index (χ0v) is 16.4. The number of anilines is 3. The zero-order chi connectivity index (χ0) is 19.1. The molecule has 0 bridgehead atoms. The monoisotopic (exact) mass is 399 g/mol. The van der Waals surface area contributed by atoms with E-state index in [4.69, 9.17) is 16.3 Å². The summed E-state index contributed by atoms with van der Waals surface area (Å²) in [6, 6.07) is 6.97. The van der Waals surface area contributed by atoms with E-state index >= 15 is 0 Å². The number of aromatic nitrogens is 4. The van der Waals surface area contributed by atoms with Crippen molar-refractivity contribution in [2.45, 2.75) is 19.0 Å². The van der Waals surface area contributed by atoms with Crippen molar-refractivity contribution in [3.05, 3.63) is 41.9 Å². The number of rotatable bonds is 4. The molecule has 0 radical (unpaired) electrons. The average Bonchev–Trinajstić information content (AvgIpc) is 3.10. The molecule has 0 amide bonds. The summed E-state index contributed by atoms with van der Waals surface area (Å²) in [5.41, 5.74) is 2.62.